The van der Waals surface area contributed by atoms with Gasteiger partial charge in [0, 0.05) is 34.1 Å². The zero-order valence-electron chi connectivity index (χ0n) is 31.4. The van der Waals surface area contributed by atoms with Crippen molar-refractivity contribution in [3.8, 4) is 22.3 Å². The smallest absolute Gasteiger partial charge is 0.137 e. The van der Waals surface area contributed by atoms with Gasteiger partial charge in [-0.25, -0.2) is 0 Å². The minimum Gasteiger partial charge on any atom is -0.456 e. The summed E-state index contributed by atoms with van der Waals surface area (Å²) in [6.07, 6.45) is 7.98. The van der Waals surface area contributed by atoms with E-state index in [0.29, 0.717) is 5.92 Å². The van der Waals surface area contributed by atoms with Crippen LogP contribution < -0.4 is 4.90 Å². The summed E-state index contributed by atoms with van der Waals surface area (Å²) in [5.74, 6) is 0.318. The normalized spacial score (nSPS) is 15.3. The number of rotatable bonds is 7. The van der Waals surface area contributed by atoms with Gasteiger partial charge >= 0.3 is 0 Å². The summed E-state index contributed by atoms with van der Waals surface area (Å²) in [4.78, 5) is 2.42. The van der Waals surface area contributed by atoms with Gasteiger partial charge in [-0.2, -0.15) is 0 Å². The molecular weight excluding hydrogens is 691 g/mol. The quantitative estimate of drug-likeness (QED) is 0.162. The van der Waals surface area contributed by atoms with Gasteiger partial charge in [-0.15, -0.1) is 0 Å². The maximum absolute atomic E-state index is 6.91. The Kier molecular flexibility index (Phi) is 7.89. The van der Waals surface area contributed by atoms with E-state index in [4.69, 9.17) is 4.42 Å². The second-order valence-electron chi connectivity index (χ2n) is 15.2. The Balaban J connectivity index is 1.19. The molecule has 270 valence electrons. The van der Waals surface area contributed by atoms with Gasteiger partial charge in [0.1, 0.15) is 11.2 Å². The first-order chi connectivity index (χ1) is 28.3. The minimum absolute atomic E-state index is 0.318. The molecular formula is C55H39NO. The first-order valence-electron chi connectivity index (χ1n) is 19.9. The van der Waals surface area contributed by atoms with E-state index in [1.165, 1.54) is 50.1 Å². The van der Waals surface area contributed by atoms with E-state index < -0.39 is 5.41 Å². The lowest BCUT2D eigenvalue weighted by Crippen LogP contribution is -2.29. The Morgan fingerprint density at radius 3 is 1.77 bits per heavy atom. The molecule has 1 heterocycles. The van der Waals surface area contributed by atoms with Gasteiger partial charge in [-0.1, -0.05) is 182 Å². The van der Waals surface area contributed by atoms with Gasteiger partial charge in [-0.3, -0.25) is 0 Å². The number of para-hydroxylation sites is 1. The van der Waals surface area contributed by atoms with Crippen molar-refractivity contribution >= 4 is 33.3 Å². The molecule has 2 nitrogen and oxygen atoms in total. The second-order valence-corrected chi connectivity index (χ2v) is 15.2. The molecule has 2 aliphatic carbocycles. The fraction of sp³-hybridized carbons (Fsp3) is 0.0545. The van der Waals surface area contributed by atoms with Crippen LogP contribution in [0.4, 0.5) is 11.4 Å². The number of furan rings is 1. The molecule has 9 aromatic rings. The Labute approximate surface area is 333 Å². The van der Waals surface area contributed by atoms with Crippen molar-refractivity contribution in [2.75, 3.05) is 4.90 Å². The van der Waals surface area contributed by atoms with Crippen molar-refractivity contribution in [2.45, 2.75) is 17.8 Å². The van der Waals surface area contributed by atoms with E-state index in [0.717, 1.165) is 45.4 Å². The van der Waals surface area contributed by atoms with Crippen LogP contribution in [-0.2, 0) is 5.41 Å². The van der Waals surface area contributed by atoms with Crippen molar-refractivity contribution in [1.82, 2.24) is 0 Å². The van der Waals surface area contributed by atoms with Gasteiger partial charge in [0.15, 0.2) is 0 Å². The van der Waals surface area contributed by atoms with Crippen LogP contribution in [0.1, 0.15) is 40.2 Å². The van der Waals surface area contributed by atoms with Crippen LogP contribution in [0, 0.1) is 0 Å². The van der Waals surface area contributed by atoms with Gasteiger partial charge in [0.05, 0.1) is 11.1 Å². The molecule has 1 aromatic heterocycles. The van der Waals surface area contributed by atoms with E-state index in [2.05, 4.69) is 223 Å². The highest BCUT2D eigenvalue weighted by atomic mass is 16.3. The van der Waals surface area contributed by atoms with E-state index in [-0.39, 0.29) is 0 Å². The Bertz CT molecular complexity index is 2930. The Hall–Kier alpha value is -7.16. The monoisotopic (exact) mass is 729 g/mol. The van der Waals surface area contributed by atoms with Gasteiger partial charge in [0.2, 0.25) is 0 Å². The minimum atomic E-state index is -0.618. The van der Waals surface area contributed by atoms with Crippen molar-refractivity contribution < 1.29 is 4.42 Å². The highest BCUT2D eigenvalue weighted by Gasteiger charge is 2.47. The maximum atomic E-state index is 6.91. The molecule has 0 aliphatic heterocycles. The van der Waals surface area contributed by atoms with Crippen molar-refractivity contribution in [3.63, 3.8) is 0 Å². The number of nitrogens with zero attached hydrogens (tertiary/aromatic N) is 1. The summed E-state index contributed by atoms with van der Waals surface area (Å²) in [6.45, 7) is 0. The fourth-order valence-electron chi connectivity index (χ4n) is 9.55. The van der Waals surface area contributed by atoms with Crippen molar-refractivity contribution in [2.24, 2.45) is 0 Å². The highest BCUT2D eigenvalue weighted by Crippen LogP contribution is 2.58. The molecule has 2 aliphatic rings. The maximum Gasteiger partial charge on any atom is 0.137 e. The van der Waals surface area contributed by atoms with Crippen molar-refractivity contribution in [1.29, 1.82) is 0 Å². The second kappa shape index (κ2) is 13.5. The lowest BCUT2D eigenvalue weighted by Gasteiger charge is -2.36. The highest BCUT2D eigenvalue weighted by molar-refractivity contribution is 6.10. The van der Waals surface area contributed by atoms with Crippen LogP contribution in [-0.4, -0.2) is 0 Å². The third-order valence-corrected chi connectivity index (χ3v) is 12.1. The van der Waals surface area contributed by atoms with E-state index in [1.807, 2.05) is 0 Å². The predicted molar refractivity (Wildman–Crippen MR) is 236 cm³/mol. The number of hydrogen-bond acceptors (Lipinski definition) is 2. The molecule has 0 amide bonds. The van der Waals surface area contributed by atoms with Gasteiger partial charge in [-0.05, 0) is 86.8 Å². The molecule has 0 radical (unpaired) electrons. The lowest BCUT2D eigenvalue weighted by molar-refractivity contribution is 0.667. The summed E-state index contributed by atoms with van der Waals surface area (Å²) >= 11 is 0. The van der Waals surface area contributed by atoms with E-state index >= 15 is 0 Å². The van der Waals surface area contributed by atoms with Crippen LogP contribution in [0.25, 0.3) is 44.2 Å². The zero-order chi connectivity index (χ0) is 37.8. The van der Waals surface area contributed by atoms with Crippen molar-refractivity contribution in [3.05, 3.63) is 252 Å². The molecule has 57 heavy (non-hydrogen) atoms. The third kappa shape index (κ3) is 5.33. The standard InChI is InChI=1S/C55H39NO/c1-4-16-38(17-5-1)40-28-32-43(33-29-40)56(44-34-30-41(31-35-44)39-18-6-2-7-19-39)45-36-51(54-48-24-12-15-27-52(48)57-53(54)37-45)55(42-20-8-3-9-21-42)49-25-13-10-22-46(49)47-23-11-14-26-50(47)55/h1-30,32-37,41H,31H2. The Morgan fingerprint density at radius 1 is 0.491 bits per heavy atom. The van der Waals surface area contributed by atoms with Gasteiger partial charge in [0.25, 0.3) is 0 Å². The molecule has 0 fully saturated rings. The van der Waals surface area contributed by atoms with E-state index in [9.17, 15) is 0 Å². The molecule has 0 bridgehead atoms. The third-order valence-electron chi connectivity index (χ3n) is 12.1. The lowest BCUT2D eigenvalue weighted by atomic mass is 9.66. The first kappa shape index (κ1) is 33.2. The van der Waals surface area contributed by atoms with Gasteiger partial charge < -0.3 is 9.32 Å². The molecule has 0 N–H and O–H groups in total. The van der Waals surface area contributed by atoms with Crippen LogP contribution in [0.2, 0.25) is 0 Å². The molecule has 0 saturated carbocycles. The van der Waals surface area contributed by atoms with Crippen LogP contribution in [0.5, 0.6) is 0 Å². The first-order valence-corrected chi connectivity index (χ1v) is 19.9. The zero-order valence-corrected chi connectivity index (χ0v) is 31.4. The van der Waals surface area contributed by atoms with E-state index in [1.54, 1.807) is 0 Å². The average molecular weight is 730 g/mol. The summed E-state index contributed by atoms with van der Waals surface area (Å²) in [7, 11) is 0. The number of anilines is 2. The van der Waals surface area contributed by atoms with Crippen LogP contribution in [0.3, 0.4) is 0 Å². The largest absolute Gasteiger partial charge is 0.456 e. The molecule has 0 saturated heterocycles. The molecule has 2 heteroatoms. The molecule has 1 atom stereocenters. The molecule has 0 spiro atoms. The van der Waals surface area contributed by atoms with Crippen LogP contribution in [0.15, 0.2) is 229 Å². The molecule has 8 aromatic carbocycles. The Morgan fingerprint density at radius 2 is 1.09 bits per heavy atom. The molecule has 11 rings (SSSR count). The number of fused-ring (bicyclic) bond motifs is 6. The van der Waals surface area contributed by atoms with Crippen LogP contribution >= 0.6 is 0 Å². The number of hydrogen-bond donors (Lipinski definition) is 0. The molecule has 1 unspecified atom stereocenters. The SMILES string of the molecule is C1=CC(c2ccccc2)CC=C1N(c1ccc(-c2ccccc2)cc1)c1cc(C2(c3ccccc3)c3ccccc3-c3ccccc32)c2c(c1)oc1ccccc12. The predicted octanol–water partition coefficient (Wildman–Crippen LogP) is 14.4. The summed E-state index contributed by atoms with van der Waals surface area (Å²) < 4.78 is 6.91. The number of allylic oxidation sites excluding steroid dienone is 3. The number of benzene rings is 8. The summed E-state index contributed by atoms with van der Waals surface area (Å²) in [5.41, 5.74) is 15.7. The summed E-state index contributed by atoms with van der Waals surface area (Å²) in [5, 5.41) is 2.26. The average Bonchev–Trinajstić information content (AvgIpc) is 3.82. The fourth-order valence-corrected chi connectivity index (χ4v) is 9.55. The summed E-state index contributed by atoms with van der Waals surface area (Å²) in [6, 6.07) is 72.7. The topological polar surface area (TPSA) is 16.4 Å².